The normalized spacial score (nSPS) is 26.7. The number of hydrogen-bond donors (Lipinski definition) is 2. The highest BCUT2D eigenvalue weighted by Crippen LogP contribution is 2.22. The third-order valence-corrected chi connectivity index (χ3v) is 3.28. The molecular weight excluding hydrogens is 204 g/mol. The molecule has 1 saturated heterocycles. The van der Waals surface area contributed by atoms with E-state index in [0.717, 1.165) is 25.8 Å². The van der Waals surface area contributed by atoms with Crippen LogP contribution in [0.3, 0.4) is 0 Å². The number of nitrogens with one attached hydrogen (secondary N) is 2. The van der Waals surface area contributed by atoms with Crippen molar-refractivity contribution in [1.82, 2.24) is 10.6 Å². The lowest BCUT2D eigenvalue weighted by Crippen LogP contribution is -2.54. The first-order valence-electron chi connectivity index (χ1n) is 6.29. The first-order chi connectivity index (χ1) is 7.64. The fourth-order valence-electron chi connectivity index (χ4n) is 2.21. The maximum atomic E-state index is 12.1. The molecule has 0 saturated carbocycles. The summed E-state index contributed by atoms with van der Waals surface area (Å²) in [7, 11) is 0. The van der Waals surface area contributed by atoms with E-state index in [0.29, 0.717) is 13.2 Å². The minimum atomic E-state index is -0.327. The van der Waals surface area contributed by atoms with Gasteiger partial charge in [0, 0.05) is 13.2 Å². The third kappa shape index (κ3) is 3.19. The average molecular weight is 228 g/mol. The van der Waals surface area contributed by atoms with Gasteiger partial charge in [-0.05, 0) is 39.7 Å². The van der Waals surface area contributed by atoms with E-state index in [1.807, 2.05) is 13.8 Å². The highest BCUT2D eigenvalue weighted by molar-refractivity contribution is 5.86. The molecule has 4 nitrogen and oxygen atoms in total. The minimum Gasteiger partial charge on any atom is -0.377 e. The molecule has 2 unspecified atom stereocenters. The van der Waals surface area contributed by atoms with Gasteiger partial charge in [0.05, 0.1) is 11.6 Å². The Morgan fingerprint density at radius 1 is 1.56 bits per heavy atom. The maximum absolute atomic E-state index is 12.1. The third-order valence-electron chi connectivity index (χ3n) is 3.28. The summed E-state index contributed by atoms with van der Waals surface area (Å²) < 4.78 is 5.39. The van der Waals surface area contributed by atoms with Gasteiger partial charge >= 0.3 is 0 Å². The molecule has 0 aromatic heterocycles. The first-order valence-corrected chi connectivity index (χ1v) is 6.29. The molecule has 1 aliphatic heterocycles. The largest absolute Gasteiger partial charge is 0.377 e. The van der Waals surface area contributed by atoms with Crippen LogP contribution in [0.2, 0.25) is 0 Å². The van der Waals surface area contributed by atoms with Crippen LogP contribution < -0.4 is 10.6 Å². The van der Waals surface area contributed by atoms with Crippen LogP contribution in [0.5, 0.6) is 0 Å². The van der Waals surface area contributed by atoms with Crippen molar-refractivity contribution in [3.05, 3.63) is 0 Å². The summed E-state index contributed by atoms with van der Waals surface area (Å²) in [5.41, 5.74) is -0.327. The van der Waals surface area contributed by atoms with E-state index in [9.17, 15) is 4.79 Å². The van der Waals surface area contributed by atoms with Gasteiger partial charge in [0.2, 0.25) is 5.91 Å². The molecule has 0 bridgehead atoms. The summed E-state index contributed by atoms with van der Waals surface area (Å²) in [5, 5.41) is 6.30. The Morgan fingerprint density at radius 2 is 2.31 bits per heavy atom. The van der Waals surface area contributed by atoms with E-state index in [1.165, 1.54) is 0 Å². The Hall–Kier alpha value is -0.610. The summed E-state index contributed by atoms with van der Waals surface area (Å²) in [6, 6.07) is 0. The molecule has 1 heterocycles. The molecule has 1 amide bonds. The van der Waals surface area contributed by atoms with Crippen LogP contribution in [0, 0.1) is 0 Å². The summed E-state index contributed by atoms with van der Waals surface area (Å²) in [6.45, 7) is 8.23. The van der Waals surface area contributed by atoms with Gasteiger partial charge in [0.25, 0.3) is 0 Å². The molecule has 1 rings (SSSR count). The molecule has 0 aromatic rings. The van der Waals surface area contributed by atoms with E-state index in [2.05, 4.69) is 17.6 Å². The number of carbonyl (C=O) groups excluding carboxylic acids is 1. The second kappa shape index (κ2) is 6.21. The molecular formula is C12H24N2O2. The molecule has 2 atom stereocenters. The van der Waals surface area contributed by atoms with Crippen molar-refractivity contribution >= 4 is 5.91 Å². The number of hydrogen-bond acceptors (Lipinski definition) is 3. The van der Waals surface area contributed by atoms with Crippen molar-refractivity contribution in [2.45, 2.75) is 51.7 Å². The maximum Gasteiger partial charge on any atom is 0.240 e. The van der Waals surface area contributed by atoms with Crippen molar-refractivity contribution in [2.75, 3.05) is 19.7 Å². The molecule has 1 fully saturated rings. The smallest absolute Gasteiger partial charge is 0.240 e. The minimum absolute atomic E-state index is 0.0873. The molecule has 4 heteroatoms. The Balaban J connectivity index is 2.38. The van der Waals surface area contributed by atoms with Gasteiger partial charge in [-0.3, -0.25) is 4.79 Å². The predicted octanol–water partition coefficient (Wildman–Crippen LogP) is 1.06. The lowest BCUT2D eigenvalue weighted by Gasteiger charge is -2.27. The molecule has 1 aliphatic rings. The molecule has 0 aromatic carbocycles. The van der Waals surface area contributed by atoms with Crippen molar-refractivity contribution in [3.63, 3.8) is 0 Å². The quantitative estimate of drug-likeness (QED) is 0.714. The van der Waals surface area contributed by atoms with Crippen molar-refractivity contribution in [3.8, 4) is 0 Å². The summed E-state index contributed by atoms with van der Waals surface area (Å²) in [5.74, 6) is 0.124. The van der Waals surface area contributed by atoms with Gasteiger partial charge in [0.1, 0.15) is 0 Å². The summed E-state index contributed by atoms with van der Waals surface area (Å²) >= 11 is 0. The topological polar surface area (TPSA) is 50.4 Å². The van der Waals surface area contributed by atoms with E-state index in [-0.39, 0.29) is 17.6 Å². The lowest BCUT2D eigenvalue weighted by atomic mass is 9.93. The SMILES string of the molecule is CCOC(C)CNC(=O)C1(CC)CCCN1. The molecule has 0 spiro atoms. The standard InChI is InChI=1S/C12H24N2O2/c1-4-12(7-6-8-14-12)11(15)13-9-10(3)16-5-2/h10,14H,4-9H2,1-3H3,(H,13,15). The fourth-order valence-corrected chi connectivity index (χ4v) is 2.21. The van der Waals surface area contributed by atoms with E-state index in [4.69, 9.17) is 4.74 Å². The van der Waals surface area contributed by atoms with Crippen LogP contribution >= 0.6 is 0 Å². The van der Waals surface area contributed by atoms with Gasteiger partial charge in [-0.1, -0.05) is 6.92 Å². The Morgan fingerprint density at radius 3 is 2.81 bits per heavy atom. The van der Waals surface area contributed by atoms with Gasteiger partial charge in [0.15, 0.2) is 0 Å². The molecule has 16 heavy (non-hydrogen) atoms. The van der Waals surface area contributed by atoms with Crippen molar-refractivity contribution in [1.29, 1.82) is 0 Å². The molecule has 0 aliphatic carbocycles. The zero-order chi connectivity index (χ0) is 12.0. The summed E-state index contributed by atoms with van der Waals surface area (Å²) in [6.07, 6.45) is 2.96. The molecule has 0 radical (unpaired) electrons. The second-order valence-electron chi connectivity index (χ2n) is 4.44. The zero-order valence-corrected chi connectivity index (χ0v) is 10.6. The zero-order valence-electron chi connectivity index (χ0n) is 10.6. The van der Waals surface area contributed by atoms with E-state index in [1.54, 1.807) is 0 Å². The van der Waals surface area contributed by atoms with Crippen LogP contribution in [-0.4, -0.2) is 37.2 Å². The van der Waals surface area contributed by atoms with Gasteiger partial charge < -0.3 is 15.4 Å². The Bertz CT molecular complexity index is 225. The van der Waals surface area contributed by atoms with E-state index < -0.39 is 0 Å². The van der Waals surface area contributed by atoms with Crippen LogP contribution in [0.25, 0.3) is 0 Å². The van der Waals surface area contributed by atoms with Gasteiger partial charge in [-0.2, -0.15) is 0 Å². The number of ether oxygens (including phenoxy) is 1. The monoisotopic (exact) mass is 228 g/mol. The van der Waals surface area contributed by atoms with Gasteiger partial charge in [-0.25, -0.2) is 0 Å². The number of amides is 1. The van der Waals surface area contributed by atoms with Crippen molar-refractivity contribution < 1.29 is 9.53 Å². The van der Waals surface area contributed by atoms with Crippen molar-refractivity contribution in [2.24, 2.45) is 0 Å². The highest BCUT2D eigenvalue weighted by atomic mass is 16.5. The van der Waals surface area contributed by atoms with E-state index >= 15 is 0 Å². The highest BCUT2D eigenvalue weighted by Gasteiger charge is 2.38. The lowest BCUT2D eigenvalue weighted by molar-refractivity contribution is -0.127. The van der Waals surface area contributed by atoms with Crippen LogP contribution in [0.4, 0.5) is 0 Å². The van der Waals surface area contributed by atoms with Crippen LogP contribution in [-0.2, 0) is 9.53 Å². The molecule has 2 N–H and O–H groups in total. The second-order valence-corrected chi connectivity index (χ2v) is 4.44. The van der Waals surface area contributed by atoms with Crippen LogP contribution in [0.15, 0.2) is 0 Å². The molecule has 94 valence electrons. The Kier molecular flexibility index (Phi) is 5.22. The predicted molar refractivity (Wildman–Crippen MR) is 64.4 cm³/mol. The summed E-state index contributed by atoms with van der Waals surface area (Å²) in [4.78, 5) is 12.1. The fraction of sp³-hybridized carbons (Fsp3) is 0.917. The van der Waals surface area contributed by atoms with Gasteiger partial charge in [-0.15, -0.1) is 0 Å². The number of rotatable bonds is 6. The number of carbonyl (C=O) groups is 1. The first kappa shape index (κ1) is 13.5. The Labute approximate surface area is 98.1 Å². The van der Waals surface area contributed by atoms with Crippen LogP contribution in [0.1, 0.15) is 40.0 Å². The average Bonchev–Trinajstić information content (AvgIpc) is 2.76.